The molecular formula is C14H18ClNO3. The van der Waals surface area contributed by atoms with E-state index in [9.17, 15) is 4.79 Å². The first-order chi connectivity index (χ1) is 9.16. The lowest BCUT2D eigenvalue weighted by Gasteiger charge is -2.36. The Hall–Kier alpha value is -1.26. The average molecular weight is 284 g/mol. The van der Waals surface area contributed by atoms with E-state index in [-0.39, 0.29) is 5.97 Å². The van der Waals surface area contributed by atoms with Gasteiger partial charge in [0.25, 0.3) is 0 Å². The largest absolute Gasteiger partial charge is 0.464 e. The highest BCUT2D eigenvalue weighted by Crippen LogP contribution is 2.28. The third-order valence-electron chi connectivity index (χ3n) is 3.24. The van der Waals surface area contributed by atoms with Crippen molar-refractivity contribution in [2.75, 3.05) is 25.1 Å². The fourth-order valence-corrected chi connectivity index (χ4v) is 2.30. The maximum atomic E-state index is 12.2. The monoisotopic (exact) mass is 283 g/mol. The van der Waals surface area contributed by atoms with Crippen LogP contribution in [-0.4, -0.2) is 31.3 Å². The number of hydrogen-bond donors (Lipinski definition) is 1. The van der Waals surface area contributed by atoms with Crippen molar-refractivity contribution < 1.29 is 14.3 Å². The summed E-state index contributed by atoms with van der Waals surface area (Å²) in [6, 6.07) is 7.31. The number of esters is 1. The second-order valence-electron chi connectivity index (χ2n) is 4.55. The van der Waals surface area contributed by atoms with E-state index in [0.717, 1.165) is 5.69 Å². The molecule has 0 radical (unpaired) electrons. The van der Waals surface area contributed by atoms with Crippen LogP contribution in [0.15, 0.2) is 24.3 Å². The molecule has 19 heavy (non-hydrogen) atoms. The van der Waals surface area contributed by atoms with Gasteiger partial charge in [0.15, 0.2) is 0 Å². The molecule has 2 rings (SSSR count). The quantitative estimate of drug-likeness (QED) is 0.863. The van der Waals surface area contributed by atoms with Crippen LogP contribution in [-0.2, 0) is 14.3 Å². The molecule has 1 fully saturated rings. The zero-order valence-corrected chi connectivity index (χ0v) is 11.7. The van der Waals surface area contributed by atoms with Crippen LogP contribution in [0.4, 0.5) is 5.69 Å². The highest BCUT2D eigenvalue weighted by molar-refractivity contribution is 6.30. The van der Waals surface area contributed by atoms with E-state index in [0.29, 0.717) is 37.7 Å². The highest BCUT2D eigenvalue weighted by atomic mass is 35.5. The molecule has 0 bridgehead atoms. The van der Waals surface area contributed by atoms with E-state index in [1.807, 2.05) is 19.1 Å². The predicted molar refractivity (Wildman–Crippen MR) is 74.5 cm³/mol. The number of nitrogens with one attached hydrogen (secondary N) is 1. The standard InChI is InChI=1S/C14H18ClNO3/c1-2-19-13(17)14(7-9-18-10-8-14)16-12-5-3-11(15)4-6-12/h3-6,16H,2,7-10H2,1H3. The Kier molecular flexibility index (Phi) is 4.66. The Morgan fingerprint density at radius 2 is 2.00 bits per heavy atom. The maximum absolute atomic E-state index is 12.2. The van der Waals surface area contributed by atoms with Crippen molar-refractivity contribution in [2.24, 2.45) is 0 Å². The van der Waals surface area contributed by atoms with E-state index >= 15 is 0 Å². The molecule has 0 aromatic heterocycles. The van der Waals surface area contributed by atoms with Crippen molar-refractivity contribution in [2.45, 2.75) is 25.3 Å². The third kappa shape index (κ3) is 3.39. The summed E-state index contributed by atoms with van der Waals surface area (Å²) >= 11 is 5.86. The SMILES string of the molecule is CCOC(=O)C1(Nc2ccc(Cl)cc2)CCOCC1. The summed E-state index contributed by atoms with van der Waals surface area (Å²) < 4.78 is 10.5. The van der Waals surface area contributed by atoms with Gasteiger partial charge in [-0.1, -0.05) is 11.6 Å². The van der Waals surface area contributed by atoms with Crippen molar-refractivity contribution >= 4 is 23.3 Å². The number of rotatable bonds is 4. The molecule has 0 atom stereocenters. The van der Waals surface area contributed by atoms with Gasteiger partial charge >= 0.3 is 5.97 Å². The average Bonchev–Trinajstić information content (AvgIpc) is 2.43. The number of carbonyl (C=O) groups excluding carboxylic acids is 1. The number of benzene rings is 1. The Morgan fingerprint density at radius 3 is 2.58 bits per heavy atom. The Balaban J connectivity index is 2.17. The van der Waals surface area contributed by atoms with Gasteiger partial charge < -0.3 is 14.8 Å². The first-order valence-corrected chi connectivity index (χ1v) is 6.83. The smallest absolute Gasteiger partial charge is 0.331 e. The minimum Gasteiger partial charge on any atom is -0.464 e. The molecule has 0 unspecified atom stereocenters. The lowest BCUT2D eigenvalue weighted by atomic mass is 9.89. The lowest BCUT2D eigenvalue weighted by molar-refractivity contribution is -0.152. The van der Waals surface area contributed by atoms with Gasteiger partial charge in [0.05, 0.1) is 6.61 Å². The molecule has 104 valence electrons. The second kappa shape index (κ2) is 6.26. The number of hydrogen-bond acceptors (Lipinski definition) is 4. The number of ether oxygens (including phenoxy) is 2. The molecule has 1 aliphatic rings. The number of anilines is 1. The maximum Gasteiger partial charge on any atom is 0.331 e. The minimum absolute atomic E-state index is 0.215. The molecule has 0 saturated carbocycles. The summed E-state index contributed by atoms with van der Waals surface area (Å²) in [6.45, 7) is 3.30. The molecule has 1 aromatic rings. The van der Waals surface area contributed by atoms with Crippen LogP contribution in [0.3, 0.4) is 0 Å². The molecule has 0 aliphatic carbocycles. The van der Waals surface area contributed by atoms with E-state index in [1.54, 1.807) is 12.1 Å². The molecule has 4 nitrogen and oxygen atoms in total. The van der Waals surface area contributed by atoms with Gasteiger partial charge in [-0.2, -0.15) is 0 Å². The fraction of sp³-hybridized carbons (Fsp3) is 0.500. The van der Waals surface area contributed by atoms with E-state index < -0.39 is 5.54 Å². The second-order valence-corrected chi connectivity index (χ2v) is 4.98. The minimum atomic E-state index is -0.692. The van der Waals surface area contributed by atoms with Crippen LogP contribution >= 0.6 is 11.6 Å². The van der Waals surface area contributed by atoms with Crippen LogP contribution in [0.2, 0.25) is 5.02 Å². The first kappa shape index (κ1) is 14.2. The van der Waals surface area contributed by atoms with Gasteiger partial charge in [0, 0.05) is 36.8 Å². The van der Waals surface area contributed by atoms with Crippen molar-refractivity contribution in [3.8, 4) is 0 Å². The molecule has 1 saturated heterocycles. The highest BCUT2D eigenvalue weighted by Gasteiger charge is 2.41. The molecule has 1 aromatic carbocycles. The molecule has 5 heteroatoms. The summed E-state index contributed by atoms with van der Waals surface area (Å²) in [4.78, 5) is 12.2. The van der Waals surface area contributed by atoms with Gasteiger partial charge in [-0.15, -0.1) is 0 Å². The Morgan fingerprint density at radius 1 is 1.37 bits per heavy atom. The van der Waals surface area contributed by atoms with E-state index in [1.165, 1.54) is 0 Å². The van der Waals surface area contributed by atoms with Gasteiger partial charge in [-0.05, 0) is 31.2 Å². The summed E-state index contributed by atoms with van der Waals surface area (Å²) in [5.41, 5.74) is 0.168. The van der Waals surface area contributed by atoms with Crippen LogP contribution < -0.4 is 5.32 Å². The van der Waals surface area contributed by atoms with Crippen LogP contribution in [0, 0.1) is 0 Å². The molecule has 0 amide bonds. The summed E-state index contributed by atoms with van der Waals surface area (Å²) in [5, 5.41) is 3.96. The van der Waals surface area contributed by atoms with E-state index in [2.05, 4.69) is 5.32 Å². The zero-order valence-electron chi connectivity index (χ0n) is 10.9. The Bertz CT molecular complexity index is 427. The molecule has 0 spiro atoms. The van der Waals surface area contributed by atoms with Crippen molar-refractivity contribution in [1.82, 2.24) is 0 Å². The van der Waals surface area contributed by atoms with Gasteiger partial charge in [0.1, 0.15) is 5.54 Å². The zero-order chi connectivity index (χ0) is 13.7. The lowest BCUT2D eigenvalue weighted by Crippen LogP contribution is -2.51. The summed E-state index contributed by atoms with van der Waals surface area (Å²) in [5.74, 6) is -0.215. The molecule has 1 aliphatic heterocycles. The third-order valence-corrected chi connectivity index (χ3v) is 3.49. The van der Waals surface area contributed by atoms with Crippen molar-refractivity contribution in [1.29, 1.82) is 0 Å². The number of halogens is 1. The molecular weight excluding hydrogens is 266 g/mol. The molecule has 1 heterocycles. The van der Waals surface area contributed by atoms with Gasteiger partial charge in [0.2, 0.25) is 0 Å². The van der Waals surface area contributed by atoms with Crippen LogP contribution in [0.25, 0.3) is 0 Å². The molecule has 1 N–H and O–H groups in total. The Labute approximate surface area is 118 Å². The van der Waals surface area contributed by atoms with E-state index in [4.69, 9.17) is 21.1 Å². The van der Waals surface area contributed by atoms with Crippen LogP contribution in [0.1, 0.15) is 19.8 Å². The summed E-state index contributed by atoms with van der Waals surface area (Å²) in [7, 11) is 0. The van der Waals surface area contributed by atoms with Crippen molar-refractivity contribution in [3.63, 3.8) is 0 Å². The topological polar surface area (TPSA) is 47.6 Å². The normalized spacial score (nSPS) is 17.8. The van der Waals surface area contributed by atoms with Gasteiger partial charge in [-0.3, -0.25) is 0 Å². The van der Waals surface area contributed by atoms with Crippen molar-refractivity contribution in [3.05, 3.63) is 29.3 Å². The number of carbonyl (C=O) groups is 1. The fourth-order valence-electron chi connectivity index (χ4n) is 2.18. The van der Waals surface area contributed by atoms with Gasteiger partial charge in [-0.25, -0.2) is 4.79 Å². The van der Waals surface area contributed by atoms with Crippen LogP contribution in [0.5, 0.6) is 0 Å². The summed E-state index contributed by atoms with van der Waals surface area (Å²) in [6.07, 6.45) is 1.21. The predicted octanol–water partition coefficient (Wildman–Crippen LogP) is 2.86. The first-order valence-electron chi connectivity index (χ1n) is 6.45.